The predicted octanol–water partition coefficient (Wildman–Crippen LogP) is 1.43. The minimum absolute atomic E-state index is 0.533. The minimum Gasteiger partial charge on any atom is -0.326 e. The molecule has 0 aliphatic heterocycles. The van der Waals surface area contributed by atoms with Crippen molar-refractivity contribution in [2.75, 3.05) is 0 Å². The van der Waals surface area contributed by atoms with Crippen molar-refractivity contribution >= 4 is 11.8 Å². The van der Waals surface area contributed by atoms with Crippen LogP contribution in [0.1, 0.15) is 5.56 Å². The lowest BCUT2D eigenvalue weighted by Crippen LogP contribution is -1.98. The first-order valence-electron chi connectivity index (χ1n) is 4.59. The molecule has 0 fully saturated rings. The Morgan fingerprint density at radius 3 is 3.00 bits per heavy atom. The summed E-state index contributed by atoms with van der Waals surface area (Å²) >= 11 is 1.63. The fourth-order valence-corrected chi connectivity index (χ4v) is 2.20. The lowest BCUT2D eigenvalue weighted by molar-refractivity contribution is 0.766. The Morgan fingerprint density at radius 2 is 2.33 bits per heavy atom. The van der Waals surface area contributed by atoms with E-state index in [1.54, 1.807) is 22.6 Å². The molecule has 0 aliphatic rings. The van der Waals surface area contributed by atoms with E-state index in [0.29, 0.717) is 6.54 Å². The molecule has 0 saturated heterocycles. The number of hydrogen-bond acceptors (Lipinski definition) is 4. The average Bonchev–Trinajstić information content (AvgIpc) is 2.65. The predicted molar refractivity (Wildman–Crippen MR) is 59.5 cm³/mol. The number of rotatable bonds is 3. The maximum absolute atomic E-state index is 5.65. The Bertz CT molecular complexity index is 452. The zero-order valence-electron chi connectivity index (χ0n) is 8.42. The van der Waals surface area contributed by atoms with E-state index in [0.717, 1.165) is 15.4 Å². The summed E-state index contributed by atoms with van der Waals surface area (Å²) in [4.78, 5) is 6.28. The average molecular weight is 220 g/mol. The standard InChI is InChI=1S/C10H12N4S/c1-14-7-9(5-13-14)15-10-6-12-3-2-8(10)4-11/h2-3,5-7H,4,11H2,1H3. The fraction of sp³-hybridized carbons (Fsp3) is 0.200. The molecule has 2 aromatic heterocycles. The molecule has 0 bridgehead atoms. The van der Waals surface area contributed by atoms with Crippen molar-refractivity contribution in [3.63, 3.8) is 0 Å². The first-order chi connectivity index (χ1) is 7.29. The molecule has 2 heterocycles. The summed E-state index contributed by atoms with van der Waals surface area (Å²) in [5.41, 5.74) is 6.76. The van der Waals surface area contributed by atoms with Crippen LogP contribution in [0.4, 0.5) is 0 Å². The van der Waals surface area contributed by atoms with Crippen LogP contribution in [0.15, 0.2) is 40.6 Å². The van der Waals surface area contributed by atoms with Crippen LogP contribution < -0.4 is 5.73 Å². The number of aryl methyl sites for hydroxylation is 1. The summed E-state index contributed by atoms with van der Waals surface area (Å²) in [5.74, 6) is 0. The Morgan fingerprint density at radius 1 is 1.47 bits per heavy atom. The van der Waals surface area contributed by atoms with Crippen LogP contribution in [0.5, 0.6) is 0 Å². The molecule has 5 heteroatoms. The van der Waals surface area contributed by atoms with Gasteiger partial charge in [-0.1, -0.05) is 11.8 Å². The smallest absolute Gasteiger partial charge is 0.0629 e. The largest absolute Gasteiger partial charge is 0.326 e. The Hall–Kier alpha value is -1.33. The molecule has 4 nitrogen and oxygen atoms in total. The van der Waals surface area contributed by atoms with E-state index in [2.05, 4.69) is 10.1 Å². The van der Waals surface area contributed by atoms with Gasteiger partial charge in [-0.3, -0.25) is 9.67 Å². The lowest BCUT2D eigenvalue weighted by atomic mass is 10.3. The van der Waals surface area contributed by atoms with E-state index in [1.165, 1.54) is 0 Å². The van der Waals surface area contributed by atoms with Crippen molar-refractivity contribution in [2.24, 2.45) is 12.8 Å². The summed E-state index contributed by atoms with van der Waals surface area (Å²) in [5, 5.41) is 4.11. The molecule has 78 valence electrons. The van der Waals surface area contributed by atoms with Gasteiger partial charge >= 0.3 is 0 Å². The van der Waals surface area contributed by atoms with Gasteiger partial charge in [0.2, 0.25) is 0 Å². The van der Waals surface area contributed by atoms with Crippen LogP contribution in [-0.2, 0) is 13.6 Å². The molecule has 0 atom stereocenters. The van der Waals surface area contributed by atoms with Crippen LogP contribution >= 0.6 is 11.8 Å². The molecule has 0 saturated carbocycles. The highest BCUT2D eigenvalue weighted by Gasteiger charge is 2.04. The van der Waals surface area contributed by atoms with Gasteiger partial charge in [0.1, 0.15) is 0 Å². The van der Waals surface area contributed by atoms with E-state index in [1.807, 2.05) is 31.7 Å². The normalized spacial score (nSPS) is 10.5. The van der Waals surface area contributed by atoms with E-state index in [-0.39, 0.29) is 0 Å². The number of pyridine rings is 1. The van der Waals surface area contributed by atoms with Gasteiger partial charge < -0.3 is 5.73 Å². The molecule has 15 heavy (non-hydrogen) atoms. The third-order valence-corrected chi connectivity index (χ3v) is 3.03. The van der Waals surface area contributed by atoms with Crippen molar-refractivity contribution in [2.45, 2.75) is 16.3 Å². The summed E-state index contributed by atoms with van der Waals surface area (Å²) in [6.45, 7) is 0.533. The second kappa shape index (κ2) is 4.46. The SMILES string of the molecule is Cn1cc(Sc2cnccc2CN)cn1. The van der Waals surface area contributed by atoms with Crippen LogP contribution in [0, 0.1) is 0 Å². The van der Waals surface area contributed by atoms with Crippen molar-refractivity contribution in [3.8, 4) is 0 Å². The van der Waals surface area contributed by atoms with Crippen molar-refractivity contribution in [3.05, 3.63) is 36.4 Å². The van der Waals surface area contributed by atoms with Crippen LogP contribution in [-0.4, -0.2) is 14.8 Å². The molecule has 0 amide bonds. The minimum atomic E-state index is 0.533. The molecule has 0 radical (unpaired) electrons. The van der Waals surface area contributed by atoms with Crippen molar-refractivity contribution < 1.29 is 0 Å². The molecule has 0 aliphatic carbocycles. The molecular formula is C10H12N4S. The first-order valence-corrected chi connectivity index (χ1v) is 5.40. The van der Waals surface area contributed by atoms with Gasteiger partial charge in [-0.15, -0.1) is 0 Å². The van der Waals surface area contributed by atoms with Gasteiger partial charge in [0, 0.05) is 37.1 Å². The van der Waals surface area contributed by atoms with Gasteiger partial charge in [-0.25, -0.2) is 0 Å². The van der Waals surface area contributed by atoms with E-state index in [4.69, 9.17) is 5.73 Å². The summed E-state index contributed by atoms with van der Waals surface area (Å²) in [6.07, 6.45) is 7.39. The van der Waals surface area contributed by atoms with Crippen molar-refractivity contribution in [1.29, 1.82) is 0 Å². The Labute approximate surface area is 92.5 Å². The Balaban J connectivity index is 2.23. The second-order valence-corrected chi connectivity index (χ2v) is 4.25. The maximum atomic E-state index is 5.65. The molecule has 2 rings (SSSR count). The summed E-state index contributed by atoms with van der Waals surface area (Å²) in [7, 11) is 1.90. The van der Waals surface area contributed by atoms with Gasteiger partial charge in [0.15, 0.2) is 0 Å². The summed E-state index contributed by atoms with van der Waals surface area (Å²) < 4.78 is 1.78. The summed E-state index contributed by atoms with van der Waals surface area (Å²) in [6, 6.07) is 1.94. The van der Waals surface area contributed by atoms with Gasteiger partial charge in [0.25, 0.3) is 0 Å². The van der Waals surface area contributed by atoms with E-state index in [9.17, 15) is 0 Å². The maximum Gasteiger partial charge on any atom is 0.0629 e. The van der Waals surface area contributed by atoms with Crippen LogP contribution in [0.25, 0.3) is 0 Å². The zero-order chi connectivity index (χ0) is 10.7. The van der Waals surface area contributed by atoms with Crippen molar-refractivity contribution in [1.82, 2.24) is 14.8 Å². The number of nitrogens with two attached hydrogens (primary N) is 1. The highest BCUT2D eigenvalue weighted by molar-refractivity contribution is 7.99. The molecule has 0 aromatic carbocycles. The van der Waals surface area contributed by atoms with E-state index >= 15 is 0 Å². The third kappa shape index (κ3) is 2.37. The third-order valence-electron chi connectivity index (χ3n) is 2.00. The Kier molecular flexibility index (Phi) is 3.03. The quantitative estimate of drug-likeness (QED) is 0.850. The van der Waals surface area contributed by atoms with Gasteiger partial charge in [-0.2, -0.15) is 5.10 Å². The number of nitrogens with zero attached hydrogens (tertiary/aromatic N) is 3. The zero-order valence-corrected chi connectivity index (χ0v) is 9.24. The molecule has 2 N–H and O–H groups in total. The highest BCUT2D eigenvalue weighted by Crippen LogP contribution is 2.28. The van der Waals surface area contributed by atoms with Gasteiger partial charge in [-0.05, 0) is 11.6 Å². The number of aromatic nitrogens is 3. The molecule has 2 aromatic rings. The topological polar surface area (TPSA) is 56.7 Å². The highest BCUT2D eigenvalue weighted by atomic mass is 32.2. The first kappa shape index (κ1) is 10.2. The lowest BCUT2D eigenvalue weighted by Gasteiger charge is -2.03. The van der Waals surface area contributed by atoms with E-state index < -0.39 is 0 Å². The molecular weight excluding hydrogens is 208 g/mol. The fourth-order valence-electron chi connectivity index (χ4n) is 1.25. The monoisotopic (exact) mass is 220 g/mol. The molecule has 0 spiro atoms. The molecule has 0 unspecified atom stereocenters. The number of hydrogen-bond donors (Lipinski definition) is 1. The van der Waals surface area contributed by atoms with Gasteiger partial charge in [0.05, 0.1) is 11.1 Å². The van der Waals surface area contributed by atoms with Crippen LogP contribution in [0.2, 0.25) is 0 Å². The second-order valence-electron chi connectivity index (χ2n) is 3.14. The van der Waals surface area contributed by atoms with Crippen LogP contribution in [0.3, 0.4) is 0 Å².